The van der Waals surface area contributed by atoms with Crippen molar-refractivity contribution in [1.82, 2.24) is 9.55 Å². The van der Waals surface area contributed by atoms with Crippen molar-refractivity contribution in [2.45, 2.75) is 71.8 Å². The normalized spacial score (nSPS) is 15.6. The number of nitro groups is 1. The van der Waals surface area contributed by atoms with Crippen LogP contribution in [-0.4, -0.2) is 64.5 Å². The Morgan fingerprint density at radius 1 is 0.880 bits per heavy atom. The van der Waals surface area contributed by atoms with E-state index in [-0.39, 0.29) is 30.4 Å². The second-order valence-corrected chi connectivity index (χ2v) is 11.9. The number of aliphatic imine (C=N–C) groups is 1. The first-order chi connectivity index (χ1) is 24.2. The van der Waals surface area contributed by atoms with Gasteiger partial charge in [-0.05, 0) is 63.4 Å². The van der Waals surface area contributed by atoms with Crippen LogP contribution in [0.15, 0.2) is 83.5 Å². The Morgan fingerprint density at radius 3 is 2.20 bits per heavy atom. The number of hydrogen-bond donors (Lipinski definition) is 0. The zero-order valence-electron chi connectivity index (χ0n) is 28.7. The number of hydrogen-bond acceptors (Lipinski definition) is 11. The zero-order chi connectivity index (χ0) is 35.9. The quantitative estimate of drug-likeness (QED) is 0.0440. The summed E-state index contributed by atoms with van der Waals surface area (Å²) >= 11 is 0. The first kappa shape index (κ1) is 37.5. The van der Waals surface area contributed by atoms with E-state index in [1.54, 1.807) is 63.6 Å². The number of esters is 3. The minimum Gasteiger partial charge on any atom is -0.492 e. The fraction of sp³-hybridized carbons (Fsp3) is 0.432. The molecule has 0 amide bonds. The van der Waals surface area contributed by atoms with Crippen LogP contribution >= 0.6 is 0 Å². The van der Waals surface area contributed by atoms with E-state index in [0.29, 0.717) is 54.5 Å². The Balaban J connectivity index is 1.16. The molecular weight excluding hydrogens is 644 g/mol. The summed E-state index contributed by atoms with van der Waals surface area (Å²) < 4.78 is 24.0. The van der Waals surface area contributed by atoms with Crippen molar-refractivity contribution >= 4 is 29.3 Å². The molecule has 0 saturated carbocycles. The molecule has 266 valence electrons. The molecule has 0 bridgehead atoms. The number of rotatable bonds is 19. The SMILES string of the molecule is CCOC(=O)C1C(C)=NC(C)=C(C(=O)OCCCCCCCCOC(=O)c2ccc(OCCn3ccnc3)cc2)C1c1cccc([N+](=O)[O-])c1. The van der Waals surface area contributed by atoms with E-state index in [1.165, 1.54) is 18.2 Å². The first-order valence-corrected chi connectivity index (χ1v) is 16.9. The molecule has 0 spiro atoms. The van der Waals surface area contributed by atoms with E-state index in [9.17, 15) is 24.5 Å². The zero-order valence-corrected chi connectivity index (χ0v) is 28.7. The molecule has 2 aromatic carbocycles. The molecule has 0 aliphatic carbocycles. The number of ether oxygens (including phenoxy) is 4. The highest BCUT2D eigenvalue weighted by atomic mass is 16.6. The number of carbonyl (C=O) groups excluding carboxylic acids is 3. The van der Waals surface area contributed by atoms with Crippen molar-refractivity contribution in [3.8, 4) is 5.75 Å². The number of nitrogens with zero attached hydrogens (tertiary/aromatic N) is 4. The van der Waals surface area contributed by atoms with Crippen molar-refractivity contribution in [1.29, 1.82) is 0 Å². The summed E-state index contributed by atoms with van der Waals surface area (Å²) in [7, 11) is 0. The first-order valence-electron chi connectivity index (χ1n) is 16.9. The maximum atomic E-state index is 13.4. The fourth-order valence-corrected chi connectivity index (χ4v) is 5.81. The number of imidazole rings is 1. The van der Waals surface area contributed by atoms with E-state index in [1.807, 2.05) is 10.8 Å². The van der Waals surface area contributed by atoms with Crippen LogP contribution in [0.25, 0.3) is 0 Å². The molecule has 2 heterocycles. The molecule has 50 heavy (non-hydrogen) atoms. The summed E-state index contributed by atoms with van der Waals surface area (Å²) in [5, 5.41) is 11.5. The van der Waals surface area contributed by atoms with Crippen LogP contribution in [-0.2, 0) is 30.3 Å². The molecule has 1 aromatic heterocycles. The molecule has 1 aliphatic rings. The van der Waals surface area contributed by atoms with Gasteiger partial charge in [-0.25, -0.2) is 14.6 Å². The highest BCUT2D eigenvalue weighted by Crippen LogP contribution is 2.41. The van der Waals surface area contributed by atoms with E-state index in [4.69, 9.17) is 18.9 Å². The monoisotopic (exact) mass is 688 g/mol. The molecule has 1 aliphatic heterocycles. The number of allylic oxidation sites excluding steroid dienone is 1. The summed E-state index contributed by atoms with van der Waals surface area (Å²) in [4.78, 5) is 58.3. The van der Waals surface area contributed by atoms with Gasteiger partial charge >= 0.3 is 17.9 Å². The predicted octanol–water partition coefficient (Wildman–Crippen LogP) is 6.62. The maximum Gasteiger partial charge on any atom is 0.338 e. The van der Waals surface area contributed by atoms with Crippen molar-refractivity contribution < 1.29 is 38.3 Å². The number of carbonyl (C=O) groups is 3. The van der Waals surface area contributed by atoms with Crippen LogP contribution in [0.5, 0.6) is 5.75 Å². The van der Waals surface area contributed by atoms with Gasteiger partial charge in [0.05, 0.1) is 48.8 Å². The van der Waals surface area contributed by atoms with Gasteiger partial charge in [0.15, 0.2) is 0 Å². The Labute approximate surface area is 291 Å². The molecule has 0 radical (unpaired) electrons. The van der Waals surface area contributed by atoms with E-state index < -0.39 is 28.7 Å². The van der Waals surface area contributed by atoms with Gasteiger partial charge in [-0.15, -0.1) is 0 Å². The number of aromatic nitrogens is 2. The van der Waals surface area contributed by atoms with Gasteiger partial charge in [0.1, 0.15) is 18.3 Å². The fourth-order valence-electron chi connectivity index (χ4n) is 5.81. The largest absolute Gasteiger partial charge is 0.492 e. The lowest BCUT2D eigenvalue weighted by Gasteiger charge is -2.31. The highest BCUT2D eigenvalue weighted by Gasteiger charge is 2.42. The Hall–Kier alpha value is -5.33. The lowest BCUT2D eigenvalue weighted by atomic mass is 9.75. The molecule has 0 saturated heterocycles. The Morgan fingerprint density at radius 2 is 1.56 bits per heavy atom. The van der Waals surface area contributed by atoms with Crippen molar-refractivity contribution in [2.24, 2.45) is 10.9 Å². The van der Waals surface area contributed by atoms with E-state index in [0.717, 1.165) is 32.1 Å². The van der Waals surface area contributed by atoms with Crippen molar-refractivity contribution in [2.75, 3.05) is 26.4 Å². The molecule has 2 unspecified atom stereocenters. The Kier molecular flexibility index (Phi) is 14.3. The predicted molar refractivity (Wildman–Crippen MR) is 185 cm³/mol. The molecular formula is C37H44N4O9. The molecule has 4 rings (SSSR count). The van der Waals surface area contributed by atoms with Crippen LogP contribution < -0.4 is 4.74 Å². The molecule has 13 nitrogen and oxygen atoms in total. The van der Waals surface area contributed by atoms with Crippen LogP contribution in [0.2, 0.25) is 0 Å². The van der Waals surface area contributed by atoms with Gasteiger partial charge < -0.3 is 23.5 Å². The van der Waals surface area contributed by atoms with Crippen LogP contribution in [0.4, 0.5) is 5.69 Å². The van der Waals surface area contributed by atoms with E-state index in [2.05, 4.69) is 9.98 Å². The third-order valence-corrected chi connectivity index (χ3v) is 8.30. The number of unbranched alkanes of at least 4 members (excludes halogenated alkanes) is 5. The average molecular weight is 689 g/mol. The molecule has 3 aromatic rings. The lowest BCUT2D eigenvalue weighted by Crippen LogP contribution is -2.36. The summed E-state index contributed by atoms with van der Waals surface area (Å²) in [6, 6.07) is 12.8. The smallest absolute Gasteiger partial charge is 0.338 e. The van der Waals surface area contributed by atoms with Gasteiger partial charge in [-0.2, -0.15) is 0 Å². The van der Waals surface area contributed by atoms with Crippen molar-refractivity contribution in [3.63, 3.8) is 0 Å². The van der Waals surface area contributed by atoms with Gasteiger partial charge in [0.25, 0.3) is 5.69 Å². The average Bonchev–Trinajstić information content (AvgIpc) is 3.62. The second-order valence-electron chi connectivity index (χ2n) is 11.9. The van der Waals surface area contributed by atoms with Gasteiger partial charge in [0.2, 0.25) is 0 Å². The number of benzene rings is 2. The summed E-state index contributed by atoms with van der Waals surface area (Å²) in [6.45, 7) is 6.85. The van der Waals surface area contributed by atoms with Gasteiger partial charge in [-0.1, -0.05) is 37.8 Å². The summed E-state index contributed by atoms with van der Waals surface area (Å²) in [5.41, 5.74) is 1.80. The van der Waals surface area contributed by atoms with Crippen LogP contribution in [0.3, 0.4) is 0 Å². The molecule has 13 heteroatoms. The molecule has 0 fully saturated rings. The number of nitro benzene ring substituents is 1. The van der Waals surface area contributed by atoms with E-state index >= 15 is 0 Å². The Bertz CT molecular complexity index is 1670. The standard InChI is InChI=1S/C37H44N4O9/c1-4-47-36(43)32-26(2)39-27(3)33(34(32)29-12-11-13-30(24-29)41(45)46)37(44)50-22-10-8-6-5-7-9-21-49-35(42)28-14-16-31(17-15-28)48-23-20-40-19-18-38-25-40/h11-19,24-25,32,34H,4-10,20-23H2,1-3H3. The topological polar surface area (TPSA) is 161 Å². The maximum absolute atomic E-state index is 13.4. The minimum absolute atomic E-state index is 0.137. The summed E-state index contributed by atoms with van der Waals surface area (Å²) in [6.07, 6.45) is 10.3. The highest BCUT2D eigenvalue weighted by molar-refractivity contribution is 6.07. The van der Waals surface area contributed by atoms with Crippen LogP contribution in [0.1, 0.15) is 81.1 Å². The second kappa shape index (κ2) is 19.0. The third-order valence-electron chi connectivity index (χ3n) is 8.30. The van der Waals surface area contributed by atoms with Gasteiger partial charge in [-0.3, -0.25) is 19.9 Å². The third kappa shape index (κ3) is 10.6. The number of non-ortho nitro benzene ring substituents is 1. The summed E-state index contributed by atoms with van der Waals surface area (Å²) in [5.74, 6) is -2.64. The lowest BCUT2D eigenvalue weighted by molar-refractivity contribution is -0.384. The van der Waals surface area contributed by atoms with Gasteiger partial charge in [0, 0.05) is 41.9 Å². The molecule has 2 atom stereocenters. The minimum atomic E-state index is -0.924. The van der Waals surface area contributed by atoms with Crippen molar-refractivity contribution in [3.05, 3.63) is 99.8 Å². The molecule has 0 N–H and O–H groups in total. The van der Waals surface area contributed by atoms with Crippen LogP contribution in [0, 0.1) is 16.0 Å².